The van der Waals surface area contributed by atoms with E-state index < -0.39 is 0 Å². The molecule has 0 bridgehead atoms. The van der Waals surface area contributed by atoms with E-state index in [0.29, 0.717) is 23.0 Å². The van der Waals surface area contributed by atoms with Crippen LogP contribution in [0.25, 0.3) is 0 Å². The molecule has 1 aromatic rings. The van der Waals surface area contributed by atoms with Crippen LogP contribution in [0.5, 0.6) is 0 Å². The first-order valence-electron chi connectivity index (χ1n) is 3.85. The molecule has 0 aliphatic carbocycles. The predicted molar refractivity (Wildman–Crippen MR) is 46.0 cm³/mol. The van der Waals surface area contributed by atoms with Crippen molar-refractivity contribution in [1.82, 2.24) is 9.97 Å². The summed E-state index contributed by atoms with van der Waals surface area (Å²) in [7, 11) is 0. The molecular formula is C7H7ClN4O. The highest BCUT2D eigenvalue weighted by Gasteiger charge is 2.24. The molecule has 68 valence electrons. The number of aliphatic hydroxyl groups is 1. The van der Waals surface area contributed by atoms with Crippen molar-refractivity contribution in [1.29, 1.82) is 0 Å². The quantitative estimate of drug-likeness (QED) is 0.735. The van der Waals surface area contributed by atoms with E-state index in [0.717, 1.165) is 0 Å². The van der Waals surface area contributed by atoms with Gasteiger partial charge in [0.15, 0.2) is 5.15 Å². The van der Waals surface area contributed by atoms with Crippen LogP contribution in [0.4, 0.5) is 5.69 Å². The molecule has 0 saturated heterocycles. The lowest BCUT2D eigenvalue weighted by Gasteiger charge is -2.03. The number of halogens is 1. The van der Waals surface area contributed by atoms with Gasteiger partial charge in [-0.3, -0.25) is 0 Å². The molecule has 1 atom stereocenters. The van der Waals surface area contributed by atoms with E-state index in [1.165, 1.54) is 6.33 Å². The monoisotopic (exact) mass is 198 g/mol. The lowest BCUT2D eigenvalue weighted by molar-refractivity contribution is 0.276. The van der Waals surface area contributed by atoms with Crippen molar-refractivity contribution in [3.63, 3.8) is 0 Å². The van der Waals surface area contributed by atoms with Crippen LogP contribution in [0, 0.1) is 0 Å². The summed E-state index contributed by atoms with van der Waals surface area (Å²) in [6.45, 7) is 0.0603. The Balaban J connectivity index is 2.37. The second-order valence-electron chi connectivity index (χ2n) is 2.64. The Kier molecular flexibility index (Phi) is 2.20. The number of azo groups is 1. The van der Waals surface area contributed by atoms with E-state index >= 15 is 0 Å². The maximum atomic E-state index is 8.74. The van der Waals surface area contributed by atoms with Gasteiger partial charge < -0.3 is 5.11 Å². The van der Waals surface area contributed by atoms with Crippen molar-refractivity contribution >= 4 is 17.3 Å². The maximum absolute atomic E-state index is 8.74. The van der Waals surface area contributed by atoms with E-state index in [-0.39, 0.29) is 12.6 Å². The van der Waals surface area contributed by atoms with E-state index in [9.17, 15) is 0 Å². The van der Waals surface area contributed by atoms with Crippen LogP contribution in [0.1, 0.15) is 18.2 Å². The van der Waals surface area contributed by atoms with Crippen LogP contribution in [-0.2, 0) is 0 Å². The van der Waals surface area contributed by atoms with E-state index in [1.54, 1.807) is 0 Å². The fraction of sp³-hybridized carbons (Fsp3) is 0.429. The van der Waals surface area contributed by atoms with Gasteiger partial charge in [-0.2, -0.15) is 10.2 Å². The first-order chi connectivity index (χ1) is 6.33. The maximum Gasteiger partial charge on any atom is 0.160 e. The molecule has 1 aliphatic heterocycles. The van der Waals surface area contributed by atoms with Gasteiger partial charge in [-0.05, 0) is 0 Å². The van der Waals surface area contributed by atoms with Gasteiger partial charge >= 0.3 is 0 Å². The minimum atomic E-state index is -0.166. The van der Waals surface area contributed by atoms with Crippen molar-refractivity contribution in [2.75, 3.05) is 6.61 Å². The van der Waals surface area contributed by atoms with Crippen molar-refractivity contribution in [2.45, 2.75) is 12.5 Å². The zero-order valence-electron chi connectivity index (χ0n) is 6.68. The fourth-order valence-electron chi connectivity index (χ4n) is 1.20. The number of hydrogen-bond acceptors (Lipinski definition) is 5. The molecule has 1 aliphatic rings. The Morgan fingerprint density at radius 3 is 3.08 bits per heavy atom. The van der Waals surface area contributed by atoms with Gasteiger partial charge in [0.1, 0.15) is 18.1 Å². The Labute approximate surface area is 79.5 Å². The van der Waals surface area contributed by atoms with Crippen molar-refractivity contribution in [3.05, 3.63) is 17.2 Å². The van der Waals surface area contributed by atoms with Crippen molar-refractivity contribution < 1.29 is 5.11 Å². The van der Waals surface area contributed by atoms with Crippen LogP contribution in [-0.4, -0.2) is 21.7 Å². The van der Waals surface area contributed by atoms with E-state index in [4.69, 9.17) is 16.7 Å². The standard InChI is InChI=1S/C7H7ClN4O/c8-7-6-5(9-3-10-7)4(1-2-13)11-12-6/h3-4,13H,1-2H2/t4-/m0/s1. The summed E-state index contributed by atoms with van der Waals surface area (Å²) < 4.78 is 0. The molecule has 0 unspecified atom stereocenters. The number of nitrogens with zero attached hydrogens (tertiary/aromatic N) is 4. The third kappa shape index (κ3) is 1.40. The predicted octanol–water partition coefficient (Wildman–Crippen LogP) is 1.65. The summed E-state index contributed by atoms with van der Waals surface area (Å²) in [5.41, 5.74) is 1.23. The molecule has 0 aromatic carbocycles. The third-order valence-electron chi connectivity index (χ3n) is 1.82. The van der Waals surface area contributed by atoms with Gasteiger partial charge in [0.25, 0.3) is 0 Å². The summed E-state index contributed by atoms with van der Waals surface area (Å²) in [4.78, 5) is 7.81. The van der Waals surface area contributed by atoms with Gasteiger partial charge in [-0.15, -0.1) is 0 Å². The minimum Gasteiger partial charge on any atom is -0.396 e. The second-order valence-corrected chi connectivity index (χ2v) is 3.00. The number of aromatic nitrogens is 2. The highest BCUT2D eigenvalue weighted by molar-refractivity contribution is 6.31. The summed E-state index contributed by atoms with van der Waals surface area (Å²) in [5, 5.41) is 16.8. The highest BCUT2D eigenvalue weighted by Crippen LogP contribution is 2.38. The first kappa shape index (κ1) is 8.52. The highest BCUT2D eigenvalue weighted by atomic mass is 35.5. The second kappa shape index (κ2) is 3.35. The van der Waals surface area contributed by atoms with Gasteiger partial charge in [0.05, 0.1) is 5.69 Å². The lowest BCUT2D eigenvalue weighted by atomic mass is 10.1. The van der Waals surface area contributed by atoms with E-state index in [1.807, 2.05) is 0 Å². The zero-order chi connectivity index (χ0) is 9.26. The zero-order valence-corrected chi connectivity index (χ0v) is 7.44. The smallest absolute Gasteiger partial charge is 0.160 e. The third-order valence-corrected chi connectivity index (χ3v) is 2.10. The molecule has 0 saturated carbocycles. The number of hydrogen-bond donors (Lipinski definition) is 1. The van der Waals surface area contributed by atoms with Crippen LogP contribution >= 0.6 is 11.6 Å². The van der Waals surface area contributed by atoms with Crippen molar-refractivity contribution in [3.8, 4) is 0 Å². The first-order valence-corrected chi connectivity index (χ1v) is 4.23. The summed E-state index contributed by atoms with van der Waals surface area (Å²) in [5.74, 6) is 0. The molecule has 6 heteroatoms. The number of fused-ring (bicyclic) bond motifs is 1. The molecule has 0 amide bonds. The van der Waals surface area contributed by atoms with Gasteiger partial charge in [-0.25, -0.2) is 9.97 Å². The Morgan fingerprint density at radius 1 is 1.46 bits per heavy atom. The SMILES string of the molecule is OCC[C@@H]1N=Nc2c(Cl)ncnc21. The molecule has 1 N–H and O–H groups in total. The lowest BCUT2D eigenvalue weighted by Crippen LogP contribution is -1.98. The minimum absolute atomic E-state index is 0.0603. The van der Waals surface area contributed by atoms with Crippen LogP contribution in [0.2, 0.25) is 5.15 Å². The topological polar surface area (TPSA) is 70.7 Å². The summed E-state index contributed by atoms with van der Waals surface area (Å²) in [6, 6.07) is -0.166. The molecule has 5 nitrogen and oxygen atoms in total. The van der Waals surface area contributed by atoms with Crippen LogP contribution in [0.3, 0.4) is 0 Å². The summed E-state index contributed by atoms with van der Waals surface area (Å²) >= 11 is 5.77. The van der Waals surface area contributed by atoms with Gasteiger partial charge in [0.2, 0.25) is 0 Å². The van der Waals surface area contributed by atoms with Gasteiger partial charge in [-0.1, -0.05) is 11.6 Å². The Bertz CT molecular complexity index is 354. The number of aliphatic hydroxyl groups excluding tert-OH is 1. The fourth-order valence-corrected chi connectivity index (χ4v) is 1.38. The Morgan fingerprint density at radius 2 is 2.31 bits per heavy atom. The average Bonchev–Trinajstić information content (AvgIpc) is 2.51. The van der Waals surface area contributed by atoms with Crippen molar-refractivity contribution in [2.24, 2.45) is 10.2 Å². The largest absolute Gasteiger partial charge is 0.396 e. The average molecular weight is 199 g/mol. The Hall–Kier alpha value is -1.07. The molecule has 2 rings (SSSR count). The molecule has 0 fully saturated rings. The summed E-state index contributed by atoms with van der Waals surface area (Å²) in [6.07, 6.45) is 1.89. The molecule has 2 heterocycles. The number of rotatable bonds is 2. The van der Waals surface area contributed by atoms with E-state index in [2.05, 4.69) is 20.2 Å². The van der Waals surface area contributed by atoms with Gasteiger partial charge in [0, 0.05) is 13.0 Å². The normalized spacial score (nSPS) is 19.1. The molecule has 0 spiro atoms. The molecule has 0 radical (unpaired) electrons. The molecule has 1 aromatic heterocycles. The molecular weight excluding hydrogens is 192 g/mol. The van der Waals surface area contributed by atoms with Crippen LogP contribution in [0.15, 0.2) is 16.6 Å². The molecule has 13 heavy (non-hydrogen) atoms. The van der Waals surface area contributed by atoms with Crippen LogP contribution < -0.4 is 0 Å².